The van der Waals surface area contributed by atoms with Crippen LogP contribution in [0.5, 0.6) is 0 Å². The molecule has 0 aromatic heterocycles. The van der Waals surface area contributed by atoms with Crippen molar-refractivity contribution in [3.63, 3.8) is 0 Å². The Morgan fingerprint density at radius 3 is 2.55 bits per heavy atom. The molecule has 0 fully saturated rings. The lowest BCUT2D eigenvalue weighted by molar-refractivity contribution is 0.166. The summed E-state index contributed by atoms with van der Waals surface area (Å²) in [7, 11) is 0. The number of benzene rings is 1. The van der Waals surface area contributed by atoms with E-state index in [4.69, 9.17) is 5.21 Å². The first-order chi connectivity index (χ1) is 5.43. The molecule has 1 rings (SSSR count). The molecule has 2 heteroatoms. The summed E-state index contributed by atoms with van der Waals surface area (Å²) >= 11 is 0. The second-order valence-electron chi connectivity index (χ2n) is 2.50. The third-order valence-corrected chi connectivity index (χ3v) is 1.60. The third kappa shape index (κ3) is 3.16. The number of hydroxylamine groups is 1. The fraction of sp³-hybridized carbons (Fsp3) is 0.333. The molecule has 1 aromatic carbocycles. The molecule has 2 nitrogen and oxygen atoms in total. The molecule has 0 radical (unpaired) electrons. The van der Waals surface area contributed by atoms with Crippen LogP contribution in [0.2, 0.25) is 0 Å². The topological polar surface area (TPSA) is 32.3 Å². The van der Waals surface area contributed by atoms with E-state index in [9.17, 15) is 0 Å². The zero-order chi connectivity index (χ0) is 7.94. The molecule has 0 atom stereocenters. The molecule has 0 aliphatic carbocycles. The van der Waals surface area contributed by atoms with Gasteiger partial charge in [0, 0.05) is 6.54 Å². The predicted octanol–water partition coefficient (Wildman–Crippen LogP) is 1.60. The Bertz CT molecular complexity index is 186. The monoisotopic (exact) mass is 151 g/mol. The summed E-state index contributed by atoms with van der Waals surface area (Å²) < 4.78 is 0. The Hall–Kier alpha value is -0.860. The number of aryl methyl sites for hydroxylation is 1. The first-order valence-electron chi connectivity index (χ1n) is 3.84. The first-order valence-corrected chi connectivity index (χ1v) is 3.84. The Morgan fingerprint density at radius 2 is 1.91 bits per heavy atom. The molecular weight excluding hydrogens is 138 g/mol. The van der Waals surface area contributed by atoms with E-state index in [0.29, 0.717) is 6.54 Å². The largest absolute Gasteiger partial charge is 0.317 e. The molecule has 0 aliphatic heterocycles. The van der Waals surface area contributed by atoms with E-state index in [2.05, 4.69) is 17.6 Å². The lowest BCUT2D eigenvalue weighted by Gasteiger charge is -1.98. The van der Waals surface area contributed by atoms with Crippen LogP contribution in [0.25, 0.3) is 0 Å². The maximum atomic E-state index is 8.29. The molecule has 0 saturated heterocycles. The normalized spacial score (nSPS) is 9.91. The molecule has 0 amide bonds. The van der Waals surface area contributed by atoms with Crippen LogP contribution in [0.15, 0.2) is 30.3 Å². The Labute approximate surface area is 66.8 Å². The summed E-state index contributed by atoms with van der Waals surface area (Å²) in [6.07, 6.45) is 1.99. The van der Waals surface area contributed by atoms with Crippen molar-refractivity contribution in [1.29, 1.82) is 0 Å². The summed E-state index contributed by atoms with van der Waals surface area (Å²) in [5.74, 6) is 0. The summed E-state index contributed by atoms with van der Waals surface area (Å²) in [5.41, 5.74) is 3.46. The van der Waals surface area contributed by atoms with Gasteiger partial charge in [-0.2, -0.15) is 0 Å². The van der Waals surface area contributed by atoms with Gasteiger partial charge in [-0.15, -0.1) is 0 Å². The van der Waals surface area contributed by atoms with Crippen molar-refractivity contribution in [1.82, 2.24) is 5.48 Å². The molecule has 1 aromatic rings. The number of rotatable bonds is 4. The van der Waals surface area contributed by atoms with Crippen molar-refractivity contribution < 1.29 is 5.21 Å². The standard InChI is InChI=1S/C9H13NO/c11-10-8-4-7-9-5-2-1-3-6-9/h1-3,5-6,10-11H,4,7-8H2. The van der Waals surface area contributed by atoms with E-state index < -0.39 is 0 Å². The van der Waals surface area contributed by atoms with E-state index in [1.165, 1.54) is 5.56 Å². The summed E-state index contributed by atoms with van der Waals surface area (Å²) in [6, 6.07) is 10.3. The molecule has 60 valence electrons. The van der Waals surface area contributed by atoms with Crippen molar-refractivity contribution in [2.24, 2.45) is 0 Å². The van der Waals surface area contributed by atoms with Crippen LogP contribution in [-0.2, 0) is 6.42 Å². The lowest BCUT2D eigenvalue weighted by Crippen LogP contribution is -2.09. The SMILES string of the molecule is ONCCCc1ccccc1. The van der Waals surface area contributed by atoms with Crippen LogP contribution in [0.3, 0.4) is 0 Å². The summed E-state index contributed by atoms with van der Waals surface area (Å²) in [4.78, 5) is 0. The highest BCUT2D eigenvalue weighted by atomic mass is 16.5. The molecular formula is C9H13NO. The molecule has 0 bridgehead atoms. The number of hydrogen-bond donors (Lipinski definition) is 2. The minimum Gasteiger partial charge on any atom is -0.317 e. The zero-order valence-corrected chi connectivity index (χ0v) is 6.46. The van der Waals surface area contributed by atoms with E-state index >= 15 is 0 Å². The van der Waals surface area contributed by atoms with Crippen molar-refractivity contribution in [2.75, 3.05) is 6.54 Å². The molecule has 0 unspecified atom stereocenters. The van der Waals surface area contributed by atoms with Crippen molar-refractivity contribution in [3.05, 3.63) is 35.9 Å². The van der Waals surface area contributed by atoms with Crippen LogP contribution in [0.1, 0.15) is 12.0 Å². The fourth-order valence-corrected chi connectivity index (χ4v) is 1.02. The smallest absolute Gasteiger partial charge is 0.0210 e. The van der Waals surface area contributed by atoms with Crippen molar-refractivity contribution >= 4 is 0 Å². The van der Waals surface area contributed by atoms with Gasteiger partial charge in [0.1, 0.15) is 0 Å². The van der Waals surface area contributed by atoms with Crippen molar-refractivity contribution in [3.8, 4) is 0 Å². The fourth-order valence-electron chi connectivity index (χ4n) is 1.02. The molecule has 2 N–H and O–H groups in total. The third-order valence-electron chi connectivity index (χ3n) is 1.60. The molecule has 11 heavy (non-hydrogen) atoms. The second-order valence-corrected chi connectivity index (χ2v) is 2.50. The van der Waals surface area contributed by atoms with E-state index in [-0.39, 0.29) is 0 Å². The summed E-state index contributed by atoms with van der Waals surface area (Å²) in [5, 5.41) is 8.29. The zero-order valence-electron chi connectivity index (χ0n) is 6.46. The van der Waals surface area contributed by atoms with Gasteiger partial charge >= 0.3 is 0 Å². The average Bonchev–Trinajstić information content (AvgIpc) is 2.07. The van der Waals surface area contributed by atoms with Gasteiger partial charge < -0.3 is 5.21 Å². The van der Waals surface area contributed by atoms with Gasteiger partial charge in [-0.25, -0.2) is 5.48 Å². The molecule has 0 aliphatic rings. The van der Waals surface area contributed by atoms with Gasteiger partial charge in [0.2, 0.25) is 0 Å². The van der Waals surface area contributed by atoms with Crippen molar-refractivity contribution in [2.45, 2.75) is 12.8 Å². The van der Waals surface area contributed by atoms with E-state index in [1.807, 2.05) is 18.2 Å². The minimum absolute atomic E-state index is 0.662. The minimum atomic E-state index is 0.662. The lowest BCUT2D eigenvalue weighted by atomic mass is 10.1. The van der Waals surface area contributed by atoms with Gasteiger partial charge in [0.25, 0.3) is 0 Å². The maximum Gasteiger partial charge on any atom is 0.0210 e. The highest BCUT2D eigenvalue weighted by Gasteiger charge is 1.89. The highest BCUT2D eigenvalue weighted by Crippen LogP contribution is 2.00. The van der Waals surface area contributed by atoms with Crippen LogP contribution in [0.4, 0.5) is 0 Å². The number of nitrogens with one attached hydrogen (secondary N) is 1. The van der Waals surface area contributed by atoms with Gasteiger partial charge in [-0.3, -0.25) is 0 Å². The van der Waals surface area contributed by atoms with E-state index in [0.717, 1.165) is 12.8 Å². The Morgan fingerprint density at radius 1 is 1.18 bits per heavy atom. The van der Waals surface area contributed by atoms with Crippen LogP contribution in [0, 0.1) is 0 Å². The van der Waals surface area contributed by atoms with E-state index in [1.54, 1.807) is 0 Å². The van der Waals surface area contributed by atoms with Gasteiger partial charge in [-0.1, -0.05) is 30.3 Å². The predicted molar refractivity (Wildman–Crippen MR) is 44.6 cm³/mol. The van der Waals surface area contributed by atoms with Crippen LogP contribution in [-0.4, -0.2) is 11.8 Å². The van der Waals surface area contributed by atoms with Gasteiger partial charge in [0.15, 0.2) is 0 Å². The Kier molecular flexibility index (Phi) is 3.65. The Balaban J connectivity index is 2.28. The van der Waals surface area contributed by atoms with Crippen LogP contribution < -0.4 is 5.48 Å². The molecule has 0 heterocycles. The van der Waals surface area contributed by atoms with Gasteiger partial charge in [-0.05, 0) is 18.4 Å². The van der Waals surface area contributed by atoms with Crippen LogP contribution >= 0.6 is 0 Å². The second kappa shape index (κ2) is 4.88. The quantitative estimate of drug-likeness (QED) is 0.506. The molecule has 0 spiro atoms. The first kappa shape index (κ1) is 8.24. The maximum absolute atomic E-state index is 8.29. The highest BCUT2D eigenvalue weighted by molar-refractivity contribution is 5.14. The average molecular weight is 151 g/mol. The molecule has 0 saturated carbocycles. The number of hydrogen-bond acceptors (Lipinski definition) is 2. The summed E-state index contributed by atoms with van der Waals surface area (Å²) in [6.45, 7) is 0.662. The van der Waals surface area contributed by atoms with Gasteiger partial charge in [0.05, 0.1) is 0 Å².